The largest absolute Gasteiger partial charge is 0.494 e. The fraction of sp³-hybridized carbons (Fsp3) is 0.450. The Morgan fingerprint density at radius 2 is 2.29 bits per heavy atom. The monoisotopic (exact) mass is 402 g/mol. The fourth-order valence-corrected chi connectivity index (χ4v) is 3.85. The summed E-state index contributed by atoms with van der Waals surface area (Å²) in [4.78, 5) is 31.1. The molecule has 1 aromatic heterocycles. The summed E-state index contributed by atoms with van der Waals surface area (Å²) in [5.41, 5.74) is 3.77. The van der Waals surface area contributed by atoms with Gasteiger partial charge >= 0.3 is 0 Å². The first-order valence-electron chi connectivity index (χ1n) is 9.53. The van der Waals surface area contributed by atoms with Gasteiger partial charge in [0.2, 0.25) is 11.8 Å². The summed E-state index contributed by atoms with van der Waals surface area (Å²) in [5.74, 6) is 0.595. The van der Waals surface area contributed by atoms with E-state index in [9.17, 15) is 9.59 Å². The average Bonchev–Trinajstić information content (AvgIpc) is 3.20. The smallest absolute Gasteiger partial charge is 0.237 e. The third-order valence-electron chi connectivity index (χ3n) is 4.65. The molecular weight excluding hydrogens is 376 g/mol. The molecule has 8 heteroatoms. The van der Waals surface area contributed by atoms with Crippen LogP contribution in [0, 0.1) is 0 Å². The molecule has 0 aliphatic carbocycles. The molecule has 1 fully saturated rings. The first-order valence-corrected chi connectivity index (χ1v) is 10.5. The van der Waals surface area contributed by atoms with Crippen LogP contribution in [0.5, 0.6) is 5.75 Å². The van der Waals surface area contributed by atoms with Crippen molar-refractivity contribution in [3.63, 3.8) is 0 Å². The fourth-order valence-electron chi connectivity index (χ4n) is 3.26. The van der Waals surface area contributed by atoms with Crippen LogP contribution in [0.25, 0.3) is 0 Å². The minimum Gasteiger partial charge on any atom is -0.494 e. The van der Waals surface area contributed by atoms with Gasteiger partial charge in [-0.15, -0.1) is 11.3 Å². The minimum atomic E-state index is -0.484. The van der Waals surface area contributed by atoms with E-state index in [-0.39, 0.29) is 18.2 Å². The number of para-hydroxylation sites is 1. The van der Waals surface area contributed by atoms with Crippen molar-refractivity contribution >= 4 is 23.2 Å². The van der Waals surface area contributed by atoms with E-state index in [0.29, 0.717) is 39.2 Å². The number of amides is 2. The number of hydrogen-bond donors (Lipinski definition) is 2. The summed E-state index contributed by atoms with van der Waals surface area (Å²) in [7, 11) is 0. The summed E-state index contributed by atoms with van der Waals surface area (Å²) >= 11 is 1.54. The summed E-state index contributed by atoms with van der Waals surface area (Å²) < 4.78 is 5.70. The maximum atomic E-state index is 12.4. The van der Waals surface area contributed by atoms with Crippen LogP contribution in [0.3, 0.4) is 0 Å². The summed E-state index contributed by atoms with van der Waals surface area (Å²) in [6.07, 6.45) is 0.831. The number of rotatable bonds is 9. The van der Waals surface area contributed by atoms with Crippen LogP contribution in [0.15, 0.2) is 35.2 Å². The highest BCUT2D eigenvalue weighted by molar-refractivity contribution is 7.07. The van der Waals surface area contributed by atoms with E-state index in [2.05, 4.69) is 20.5 Å². The lowest BCUT2D eigenvalue weighted by Crippen LogP contribution is -2.56. The van der Waals surface area contributed by atoms with Gasteiger partial charge in [-0.1, -0.05) is 18.2 Å². The van der Waals surface area contributed by atoms with Gasteiger partial charge in [-0.2, -0.15) is 0 Å². The van der Waals surface area contributed by atoms with E-state index in [4.69, 9.17) is 4.74 Å². The Hall–Kier alpha value is -2.45. The molecule has 1 atom stereocenters. The van der Waals surface area contributed by atoms with Crippen molar-refractivity contribution in [2.75, 3.05) is 26.2 Å². The van der Waals surface area contributed by atoms with Crippen molar-refractivity contribution < 1.29 is 14.3 Å². The van der Waals surface area contributed by atoms with Crippen LogP contribution in [0.1, 0.15) is 24.6 Å². The highest BCUT2D eigenvalue weighted by Gasteiger charge is 2.31. The molecule has 1 aromatic carbocycles. The first-order chi connectivity index (χ1) is 13.7. The minimum absolute atomic E-state index is 0.102. The predicted molar refractivity (Wildman–Crippen MR) is 108 cm³/mol. The summed E-state index contributed by atoms with van der Waals surface area (Å²) in [6.45, 7) is 4.90. The van der Waals surface area contributed by atoms with Gasteiger partial charge in [-0.25, -0.2) is 4.98 Å². The van der Waals surface area contributed by atoms with Crippen molar-refractivity contribution in [3.8, 4) is 5.75 Å². The van der Waals surface area contributed by atoms with Gasteiger partial charge in [-0.3, -0.25) is 14.5 Å². The topological polar surface area (TPSA) is 83.6 Å². The molecule has 0 spiro atoms. The van der Waals surface area contributed by atoms with Crippen LogP contribution in [-0.4, -0.2) is 54.0 Å². The lowest BCUT2D eigenvalue weighted by molar-refractivity contribution is -0.134. The molecule has 0 radical (unpaired) electrons. The number of hydrogen-bond acceptors (Lipinski definition) is 6. The second kappa shape index (κ2) is 10.2. The van der Waals surface area contributed by atoms with E-state index in [0.717, 1.165) is 17.0 Å². The Bertz CT molecular complexity index is 782. The van der Waals surface area contributed by atoms with Gasteiger partial charge in [0.1, 0.15) is 5.75 Å². The zero-order valence-electron chi connectivity index (χ0n) is 16.0. The number of nitrogens with zero attached hydrogens (tertiary/aromatic N) is 2. The van der Waals surface area contributed by atoms with E-state index in [1.807, 2.05) is 36.6 Å². The number of aromatic nitrogens is 1. The number of benzene rings is 1. The number of piperazine rings is 1. The van der Waals surface area contributed by atoms with Crippen molar-refractivity contribution in [3.05, 3.63) is 46.4 Å². The Balaban J connectivity index is 1.59. The molecular formula is C20H26N4O3S. The molecule has 7 nitrogen and oxygen atoms in total. The number of nitrogens with one attached hydrogen (secondary N) is 2. The molecule has 0 saturated carbocycles. The van der Waals surface area contributed by atoms with Gasteiger partial charge in [-0.05, 0) is 13.0 Å². The molecule has 1 unspecified atom stereocenters. The Morgan fingerprint density at radius 1 is 1.43 bits per heavy atom. The second-order valence-electron chi connectivity index (χ2n) is 6.60. The molecule has 0 bridgehead atoms. The standard InChI is InChI=1S/C20H26N4O3S/c1-2-27-18-6-4-3-5-15(18)12-24-10-9-22-20(26)17(24)11-19(25)21-8-7-16-13-28-14-23-16/h3-6,13-14,17H,2,7-12H2,1H3,(H,21,25)(H,22,26). The number of thiazole rings is 1. The van der Waals surface area contributed by atoms with Gasteiger partial charge in [0, 0.05) is 43.5 Å². The lowest BCUT2D eigenvalue weighted by atomic mass is 10.1. The van der Waals surface area contributed by atoms with E-state index in [1.54, 1.807) is 5.51 Å². The van der Waals surface area contributed by atoms with Crippen LogP contribution in [0.2, 0.25) is 0 Å². The van der Waals surface area contributed by atoms with Crippen LogP contribution in [-0.2, 0) is 22.6 Å². The molecule has 1 aliphatic rings. The molecule has 1 saturated heterocycles. The SMILES string of the molecule is CCOc1ccccc1CN1CCNC(=O)C1CC(=O)NCCc1cscn1. The Kier molecular flexibility index (Phi) is 7.39. The maximum absolute atomic E-state index is 12.4. The van der Waals surface area contributed by atoms with Crippen molar-refractivity contribution in [2.45, 2.75) is 32.4 Å². The Labute approximate surface area is 169 Å². The summed E-state index contributed by atoms with van der Waals surface area (Å²) in [5, 5.41) is 7.74. The number of carbonyl (C=O) groups is 2. The van der Waals surface area contributed by atoms with Crippen LogP contribution < -0.4 is 15.4 Å². The normalized spacial score (nSPS) is 17.2. The molecule has 2 aromatic rings. The van der Waals surface area contributed by atoms with Crippen molar-refractivity contribution in [1.82, 2.24) is 20.5 Å². The van der Waals surface area contributed by atoms with Gasteiger partial charge in [0.15, 0.2) is 0 Å². The molecule has 28 heavy (non-hydrogen) atoms. The number of carbonyl (C=O) groups excluding carboxylic acids is 2. The highest BCUT2D eigenvalue weighted by Crippen LogP contribution is 2.22. The molecule has 2 amide bonds. The molecule has 2 heterocycles. The molecule has 2 N–H and O–H groups in total. The van der Waals surface area contributed by atoms with Crippen LogP contribution in [0.4, 0.5) is 0 Å². The predicted octanol–water partition coefficient (Wildman–Crippen LogP) is 1.59. The third kappa shape index (κ3) is 5.53. The second-order valence-corrected chi connectivity index (χ2v) is 7.32. The quantitative estimate of drug-likeness (QED) is 0.666. The average molecular weight is 403 g/mol. The van der Waals surface area contributed by atoms with Gasteiger partial charge in [0.25, 0.3) is 0 Å². The Morgan fingerprint density at radius 3 is 3.07 bits per heavy atom. The van der Waals surface area contributed by atoms with Crippen molar-refractivity contribution in [1.29, 1.82) is 0 Å². The number of ether oxygens (including phenoxy) is 1. The molecule has 3 rings (SSSR count). The zero-order chi connectivity index (χ0) is 19.8. The molecule has 1 aliphatic heterocycles. The van der Waals surface area contributed by atoms with Crippen LogP contribution >= 0.6 is 11.3 Å². The third-order valence-corrected chi connectivity index (χ3v) is 5.29. The first kappa shape index (κ1) is 20.3. The highest BCUT2D eigenvalue weighted by atomic mass is 32.1. The molecule has 150 valence electrons. The maximum Gasteiger partial charge on any atom is 0.237 e. The van der Waals surface area contributed by atoms with E-state index in [1.165, 1.54) is 11.3 Å². The van der Waals surface area contributed by atoms with Gasteiger partial charge in [0.05, 0.1) is 30.3 Å². The zero-order valence-corrected chi connectivity index (χ0v) is 16.8. The van der Waals surface area contributed by atoms with Crippen molar-refractivity contribution in [2.24, 2.45) is 0 Å². The van der Waals surface area contributed by atoms with E-state index >= 15 is 0 Å². The lowest BCUT2D eigenvalue weighted by Gasteiger charge is -2.35. The van der Waals surface area contributed by atoms with Gasteiger partial charge < -0.3 is 15.4 Å². The summed E-state index contributed by atoms with van der Waals surface area (Å²) in [6, 6.07) is 7.35. The van der Waals surface area contributed by atoms with E-state index < -0.39 is 6.04 Å².